The Balaban J connectivity index is 1.75. The molecule has 2 unspecified atom stereocenters. The SMILES string of the molecule is O=C(CCc1ccsc1)NC1CCCCC1CO. The molecular formula is C14H21NO2S. The zero-order chi connectivity index (χ0) is 12.8. The number of aryl methyl sites for hydroxylation is 1. The van der Waals surface area contributed by atoms with Crippen molar-refractivity contribution in [2.45, 2.75) is 44.6 Å². The summed E-state index contributed by atoms with van der Waals surface area (Å²) in [6, 6.07) is 2.24. The Morgan fingerprint density at radius 1 is 1.44 bits per heavy atom. The van der Waals surface area contributed by atoms with E-state index in [9.17, 15) is 9.90 Å². The molecule has 1 aliphatic carbocycles. The maximum Gasteiger partial charge on any atom is 0.220 e. The van der Waals surface area contributed by atoms with E-state index >= 15 is 0 Å². The molecule has 1 aliphatic rings. The maximum atomic E-state index is 11.9. The molecule has 18 heavy (non-hydrogen) atoms. The molecule has 1 saturated carbocycles. The lowest BCUT2D eigenvalue weighted by Gasteiger charge is -2.30. The third-order valence-corrected chi connectivity index (χ3v) is 4.44. The van der Waals surface area contributed by atoms with Crippen LogP contribution in [0.2, 0.25) is 0 Å². The van der Waals surface area contributed by atoms with Crippen molar-refractivity contribution in [3.8, 4) is 0 Å². The number of hydrogen-bond acceptors (Lipinski definition) is 3. The second-order valence-corrected chi connectivity index (χ2v) is 5.81. The van der Waals surface area contributed by atoms with Gasteiger partial charge in [0.05, 0.1) is 0 Å². The zero-order valence-electron chi connectivity index (χ0n) is 10.6. The predicted molar refractivity (Wildman–Crippen MR) is 73.6 cm³/mol. The molecule has 0 bridgehead atoms. The Morgan fingerprint density at radius 2 is 2.28 bits per heavy atom. The minimum atomic E-state index is 0.117. The minimum Gasteiger partial charge on any atom is -0.396 e. The molecule has 2 N–H and O–H groups in total. The van der Waals surface area contributed by atoms with Crippen molar-refractivity contribution in [2.75, 3.05) is 6.61 Å². The van der Waals surface area contributed by atoms with Crippen LogP contribution in [0.25, 0.3) is 0 Å². The van der Waals surface area contributed by atoms with E-state index in [4.69, 9.17) is 0 Å². The Kier molecular flexibility index (Phi) is 5.20. The average Bonchev–Trinajstić information content (AvgIpc) is 2.90. The van der Waals surface area contributed by atoms with Crippen LogP contribution in [0.1, 0.15) is 37.7 Å². The van der Waals surface area contributed by atoms with Gasteiger partial charge >= 0.3 is 0 Å². The summed E-state index contributed by atoms with van der Waals surface area (Å²) in [7, 11) is 0. The largest absolute Gasteiger partial charge is 0.396 e. The van der Waals surface area contributed by atoms with Crippen LogP contribution in [-0.4, -0.2) is 23.7 Å². The Hall–Kier alpha value is -0.870. The van der Waals surface area contributed by atoms with Crippen molar-refractivity contribution in [1.82, 2.24) is 5.32 Å². The second-order valence-electron chi connectivity index (χ2n) is 5.03. The van der Waals surface area contributed by atoms with E-state index in [-0.39, 0.29) is 24.5 Å². The Morgan fingerprint density at radius 3 is 3.00 bits per heavy atom. The molecule has 100 valence electrons. The molecule has 1 heterocycles. The monoisotopic (exact) mass is 267 g/mol. The second kappa shape index (κ2) is 6.90. The lowest BCUT2D eigenvalue weighted by atomic mass is 9.85. The van der Waals surface area contributed by atoms with Crippen LogP contribution < -0.4 is 5.32 Å². The number of aliphatic hydroxyl groups is 1. The number of hydrogen-bond donors (Lipinski definition) is 2. The van der Waals surface area contributed by atoms with Crippen LogP contribution in [0.15, 0.2) is 16.8 Å². The van der Waals surface area contributed by atoms with Crippen LogP contribution in [0, 0.1) is 5.92 Å². The number of amides is 1. The third kappa shape index (κ3) is 3.82. The molecule has 2 atom stereocenters. The van der Waals surface area contributed by atoms with Crippen LogP contribution in [0.5, 0.6) is 0 Å². The van der Waals surface area contributed by atoms with E-state index in [2.05, 4.69) is 16.8 Å². The van der Waals surface area contributed by atoms with Crippen LogP contribution in [-0.2, 0) is 11.2 Å². The molecule has 3 nitrogen and oxygen atoms in total. The minimum absolute atomic E-state index is 0.117. The van der Waals surface area contributed by atoms with Gasteiger partial charge in [-0.3, -0.25) is 4.79 Å². The highest BCUT2D eigenvalue weighted by atomic mass is 32.1. The van der Waals surface area contributed by atoms with Crippen LogP contribution in [0.3, 0.4) is 0 Å². The van der Waals surface area contributed by atoms with Gasteiger partial charge in [0.15, 0.2) is 0 Å². The third-order valence-electron chi connectivity index (χ3n) is 3.71. The summed E-state index contributed by atoms with van der Waals surface area (Å²) in [5.41, 5.74) is 1.23. The van der Waals surface area contributed by atoms with Crippen molar-refractivity contribution >= 4 is 17.2 Å². The maximum absolute atomic E-state index is 11.9. The normalized spacial score (nSPS) is 23.8. The molecule has 4 heteroatoms. The van der Waals surface area contributed by atoms with E-state index in [1.165, 1.54) is 12.0 Å². The lowest BCUT2D eigenvalue weighted by molar-refractivity contribution is -0.122. The highest BCUT2D eigenvalue weighted by Gasteiger charge is 2.25. The van der Waals surface area contributed by atoms with Gasteiger partial charge in [-0.15, -0.1) is 0 Å². The zero-order valence-corrected chi connectivity index (χ0v) is 11.4. The fourth-order valence-corrected chi connectivity index (χ4v) is 3.29. The van der Waals surface area contributed by atoms with Gasteiger partial charge in [0.25, 0.3) is 0 Å². The summed E-state index contributed by atoms with van der Waals surface area (Å²) in [4.78, 5) is 11.9. The molecular weight excluding hydrogens is 246 g/mol. The predicted octanol–water partition coefficient (Wildman–Crippen LogP) is 2.35. The van der Waals surface area contributed by atoms with Crippen LogP contribution >= 0.6 is 11.3 Å². The summed E-state index contributed by atoms with van der Waals surface area (Å²) in [5.74, 6) is 0.371. The molecule has 1 aromatic heterocycles. The van der Waals surface area contributed by atoms with Gasteiger partial charge in [-0.25, -0.2) is 0 Å². The first-order chi connectivity index (χ1) is 8.79. The van der Waals surface area contributed by atoms with Crippen molar-refractivity contribution in [2.24, 2.45) is 5.92 Å². The summed E-state index contributed by atoms with van der Waals surface area (Å²) in [6.07, 6.45) is 5.73. The molecule has 1 aromatic rings. The van der Waals surface area contributed by atoms with Crippen molar-refractivity contribution in [3.63, 3.8) is 0 Å². The van der Waals surface area contributed by atoms with Gasteiger partial charge in [-0.05, 0) is 41.7 Å². The molecule has 2 rings (SSSR count). The Bertz CT molecular complexity index is 364. The van der Waals surface area contributed by atoms with E-state index in [1.54, 1.807) is 11.3 Å². The first-order valence-electron chi connectivity index (χ1n) is 6.71. The quantitative estimate of drug-likeness (QED) is 0.860. The molecule has 1 fully saturated rings. The van der Waals surface area contributed by atoms with Gasteiger partial charge in [-0.1, -0.05) is 12.8 Å². The number of nitrogens with one attached hydrogen (secondary N) is 1. The summed E-state index contributed by atoms with van der Waals surface area (Å²) >= 11 is 1.67. The molecule has 0 spiro atoms. The van der Waals surface area contributed by atoms with Gasteiger partial charge in [0, 0.05) is 25.0 Å². The number of thiophene rings is 1. The van der Waals surface area contributed by atoms with E-state index in [1.807, 2.05) is 5.38 Å². The first-order valence-corrected chi connectivity index (χ1v) is 7.65. The molecule has 0 aromatic carbocycles. The fraction of sp³-hybridized carbons (Fsp3) is 0.643. The van der Waals surface area contributed by atoms with E-state index in [0.717, 1.165) is 25.7 Å². The number of aliphatic hydroxyl groups excluding tert-OH is 1. The number of rotatable bonds is 5. The van der Waals surface area contributed by atoms with Crippen molar-refractivity contribution in [3.05, 3.63) is 22.4 Å². The highest BCUT2D eigenvalue weighted by Crippen LogP contribution is 2.24. The van der Waals surface area contributed by atoms with Gasteiger partial charge in [0.2, 0.25) is 5.91 Å². The summed E-state index contributed by atoms with van der Waals surface area (Å²) in [5, 5.41) is 16.5. The van der Waals surface area contributed by atoms with Gasteiger partial charge in [-0.2, -0.15) is 11.3 Å². The lowest BCUT2D eigenvalue weighted by Crippen LogP contribution is -2.43. The van der Waals surface area contributed by atoms with Gasteiger partial charge in [0.1, 0.15) is 0 Å². The van der Waals surface area contributed by atoms with Gasteiger partial charge < -0.3 is 10.4 Å². The Labute approximate surface area is 112 Å². The number of carbonyl (C=O) groups is 1. The molecule has 1 amide bonds. The van der Waals surface area contributed by atoms with Crippen molar-refractivity contribution < 1.29 is 9.90 Å². The van der Waals surface area contributed by atoms with E-state index < -0.39 is 0 Å². The first kappa shape index (κ1) is 13.6. The van der Waals surface area contributed by atoms with Crippen LogP contribution in [0.4, 0.5) is 0 Å². The van der Waals surface area contributed by atoms with E-state index in [0.29, 0.717) is 6.42 Å². The summed E-state index contributed by atoms with van der Waals surface area (Å²) < 4.78 is 0. The standard InChI is InChI=1S/C14H21NO2S/c16-9-12-3-1-2-4-13(12)15-14(17)6-5-11-7-8-18-10-11/h7-8,10,12-13,16H,1-6,9H2,(H,15,17). The molecule has 0 saturated heterocycles. The summed E-state index contributed by atoms with van der Waals surface area (Å²) in [6.45, 7) is 0.190. The van der Waals surface area contributed by atoms with Crippen molar-refractivity contribution in [1.29, 1.82) is 0 Å². The average molecular weight is 267 g/mol. The smallest absolute Gasteiger partial charge is 0.220 e. The number of carbonyl (C=O) groups excluding carboxylic acids is 1. The molecule has 0 radical (unpaired) electrons. The highest BCUT2D eigenvalue weighted by molar-refractivity contribution is 7.07. The topological polar surface area (TPSA) is 49.3 Å². The fourth-order valence-electron chi connectivity index (χ4n) is 2.59. The molecule has 0 aliphatic heterocycles.